The maximum Gasteiger partial charge on any atom is 2.00 e. The van der Waals surface area contributed by atoms with Crippen molar-refractivity contribution in [2.24, 2.45) is 0 Å². The van der Waals surface area contributed by atoms with Gasteiger partial charge < -0.3 is 30.8 Å². The second-order valence-corrected chi connectivity index (χ2v) is 0.983. The van der Waals surface area contributed by atoms with Crippen molar-refractivity contribution >= 4 is 11.9 Å². The van der Waals surface area contributed by atoms with E-state index in [9.17, 15) is 0 Å². The summed E-state index contributed by atoms with van der Waals surface area (Å²) < 4.78 is 0. The zero-order chi connectivity index (χ0) is 7.15. The smallest absolute Gasteiger partial charge is 0.550 e. The van der Waals surface area contributed by atoms with Gasteiger partial charge in [0.1, 0.15) is 0 Å². The molecule has 0 saturated carbocycles. The van der Waals surface area contributed by atoms with Gasteiger partial charge in [0.05, 0.1) is 0 Å². The Kier molecular flexibility index (Phi) is 65.4. The van der Waals surface area contributed by atoms with Crippen LogP contribution < -0.4 is 10.2 Å². The summed E-state index contributed by atoms with van der Waals surface area (Å²) in [5.74, 6) is -2.17. The normalized spacial score (nSPS) is 4.55. The minimum absolute atomic E-state index is 0. The van der Waals surface area contributed by atoms with Crippen LogP contribution in [0.1, 0.15) is 13.8 Å². The van der Waals surface area contributed by atoms with Crippen LogP contribution in [0, 0.1) is 0 Å². The summed E-state index contributed by atoms with van der Waals surface area (Å²) in [6, 6.07) is 0. The summed E-state index contributed by atoms with van der Waals surface area (Å²) in [6.45, 7) is 1.94. The minimum Gasteiger partial charge on any atom is -0.550 e. The van der Waals surface area contributed by atoms with Crippen LogP contribution in [0.25, 0.3) is 0 Å². The molecule has 7 heteroatoms. The molecule has 0 atom stereocenters. The summed E-state index contributed by atoms with van der Waals surface area (Å²) in [6.07, 6.45) is 0. The molecule has 0 aromatic rings. The maximum absolute atomic E-state index is 8.89. The Morgan fingerprint density at radius 1 is 0.909 bits per heavy atom. The van der Waals surface area contributed by atoms with Crippen molar-refractivity contribution in [2.75, 3.05) is 0 Å². The van der Waals surface area contributed by atoms with Crippen molar-refractivity contribution < 1.29 is 47.5 Å². The first-order valence-corrected chi connectivity index (χ1v) is 1.82. The zero-order valence-electron chi connectivity index (χ0n) is 5.97. The number of hydrogen-bond acceptors (Lipinski definition) is 4. The topological polar surface area (TPSA) is 143 Å². The van der Waals surface area contributed by atoms with Crippen LogP contribution in [0.2, 0.25) is 0 Å². The molecule has 6 nitrogen and oxygen atoms in total. The summed E-state index contributed by atoms with van der Waals surface area (Å²) >= 11 is 0. The van der Waals surface area contributed by atoms with E-state index in [-0.39, 0.29) is 27.7 Å². The Labute approximate surface area is 74.0 Å². The fraction of sp³-hybridized carbons (Fsp3) is 0.500. The second-order valence-electron chi connectivity index (χ2n) is 0.983. The summed E-state index contributed by atoms with van der Waals surface area (Å²) in [4.78, 5) is 17.8. The average Bonchev–Trinajstić information content (AvgIpc) is 1.25. The molecule has 0 spiro atoms. The van der Waals surface area contributed by atoms with Gasteiger partial charge in [-0.25, -0.2) is 0 Å². The second kappa shape index (κ2) is 22.8. The van der Waals surface area contributed by atoms with Crippen LogP contribution in [-0.4, -0.2) is 22.9 Å². The monoisotopic (exact) mass is 213 g/mol. The first-order chi connectivity index (χ1) is 3.46. The fourth-order valence-corrected chi connectivity index (χ4v) is 0. The molecule has 0 heterocycles. The number of hydrogen-bond donors (Lipinski definition) is 0. The third kappa shape index (κ3) is 1270. The maximum atomic E-state index is 8.89. The van der Waals surface area contributed by atoms with Gasteiger partial charge in [0.2, 0.25) is 0 Å². The van der Waals surface area contributed by atoms with E-state index in [4.69, 9.17) is 19.8 Å². The molecule has 0 unspecified atom stereocenters. The van der Waals surface area contributed by atoms with Crippen molar-refractivity contribution in [2.45, 2.75) is 13.8 Å². The molecule has 71 valence electrons. The quantitative estimate of drug-likeness (QED) is 0.402. The van der Waals surface area contributed by atoms with E-state index in [1.807, 2.05) is 0 Å². The predicted octanol–water partition coefficient (Wildman–Crippen LogP) is -4.14. The molecule has 11 heavy (non-hydrogen) atoms. The number of carbonyl (C=O) groups is 2. The van der Waals surface area contributed by atoms with Gasteiger partial charge in [0, 0.05) is 11.9 Å². The SMILES string of the molecule is CC(=O)[O-].CC(=O)[O-].O.O.[Co+2]. The molecule has 0 aromatic heterocycles. The Bertz CT molecular complexity index is 72.6. The van der Waals surface area contributed by atoms with Crippen LogP contribution >= 0.6 is 0 Å². The van der Waals surface area contributed by atoms with Crippen molar-refractivity contribution in [1.82, 2.24) is 0 Å². The van der Waals surface area contributed by atoms with Crippen molar-refractivity contribution in [1.29, 1.82) is 0 Å². The zero-order valence-corrected chi connectivity index (χ0v) is 7.01. The standard InChI is InChI=1S/2C2H4O2.Co.2H2O/c2*1-2(3)4;;;/h2*1H3,(H,3,4);;2*1H2/q;;+2;;/p-2. The van der Waals surface area contributed by atoms with Gasteiger partial charge >= 0.3 is 16.8 Å². The summed E-state index contributed by atoms with van der Waals surface area (Å²) in [5, 5.41) is 17.8. The Balaban J connectivity index is -0.0000000171. The van der Waals surface area contributed by atoms with E-state index in [1.54, 1.807) is 0 Å². The van der Waals surface area contributed by atoms with E-state index in [2.05, 4.69) is 0 Å². The van der Waals surface area contributed by atoms with Crippen LogP contribution in [-0.2, 0) is 26.4 Å². The van der Waals surface area contributed by atoms with E-state index in [1.165, 1.54) is 0 Å². The van der Waals surface area contributed by atoms with Gasteiger partial charge in [-0.1, -0.05) is 0 Å². The van der Waals surface area contributed by atoms with Crippen molar-refractivity contribution in [3.05, 3.63) is 0 Å². The predicted molar refractivity (Wildman–Crippen MR) is 28.6 cm³/mol. The average molecular weight is 213 g/mol. The van der Waals surface area contributed by atoms with E-state index in [0.717, 1.165) is 13.8 Å². The third-order valence-corrected chi connectivity index (χ3v) is 0. The molecule has 0 amide bonds. The fourth-order valence-electron chi connectivity index (χ4n) is 0. The molecular weight excluding hydrogens is 203 g/mol. The number of carboxylic acids is 2. The molecule has 0 fully saturated rings. The third-order valence-electron chi connectivity index (χ3n) is 0. The van der Waals surface area contributed by atoms with Crippen molar-refractivity contribution in [3.63, 3.8) is 0 Å². The Morgan fingerprint density at radius 3 is 0.909 bits per heavy atom. The van der Waals surface area contributed by atoms with Crippen LogP contribution in [0.3, 0.4) is 0 Å². The van der Waals surface area contributed by atoms with Gasteiger partial charge in [0.25, 0.3) is 0 Å². The van der Waals surface area contributed by atoms with Crippen molar-refractivity contribution in [3.8, 4) is 0 Å². The number of carboxylic acid groups (broad SMARTS) is 2. The van der Waals surface area contributed by atoms with Gasteiger partial charge in [-0.3, -0.25) is 0 Å². The molecule has 4 N–H and O–H groups in total. The molecular formula is C4H10CoO6. The van der Waals surface area contributed by atoms with Gasteiger partial charge in [-0.2, -0.15) is 0 Å². The van der Waals surface area contributed by atoms with Gasteiger partial charge in [-0.05, 0) is 13.8 Å². The molecule has 0 bridgehead atoms. The number of carbonyl (C=O) groups excluding carboxylic acids is 2. The molecule has 1 radical (unpaired) electrons. The van der Waals surface area contributed by atoms with Crippen LogP contribution in [0.15, 0.2) is 0 Å². The largest absolute Gasteiger partial charge is 2.00 e. The molecule has 0 saturated heterocycles. The first-order valence-electron chi connectivity index (χ1n) is 1.82. The van der Waals surface area contributed by atoms with Crippen LogP contribution in [0.5, 0.6) is 0 Å². The minimum atomic E-state index is -1.08. The van der Waals surface area contributed by atoms with E-state index < -0.39 is 11.9 Å². The Morgan fingerprint density at radius 2 is 0.909 bits per heavy atom. The first kappa shape index (κ1) is 31.6. The number of rotatable bonds is 0. The van der Waals surface area contributed by atoms with Gasteiger partial charge in [0.15, 0.2) is 0 Å². The molecule has 0 aliphatic rings. The van der Waals surface area contributed by atoms with Gasteiger partial charge in [-0.15, -0.1) is 0 Å². The number of aliphatic carboxylic acids is 2. The molecule has 0 aliphatic heterocycles. The molecule has 0 aliphatic carbocycles. The Hall–Kier alpha value is -0.634. The van der Waals surface area contributed by atoms with E-state index >= 15 is 0 Å². The summed E-state index contributed by atoms with van der Waals surface area (Å²) in [5.41, 5.74) is 0. The summed E-state index contributed by atoms with van der Waals surface area (Å²) in [7, 11) is 0. The molecule has 0 aromatic carbocycles. The van der Waals surface area contributed by atoms with E-state index in [0.29, 0.717) is 0 Å². The molecule has 0 rings (SSSR count). The van der Waals surface area contributed by atoms with Crippen LogP contribution in [0.4, 0.5) is 0 Å².